The molecule has 1 aliphatic carbocycles. The zero-order valence-electron chi connectivity index (χ0n) is 15.8. The van der Waals surface area contributed by atoms with Crippen molar-refractivity contribution in [3.63, 3.8) is 0 Å². The fraction of sp³-hybridized carbons (Fsp3) is 0.435. The second kappa shape index (κ2) is 7.73. The summed E-state index contributed by atoms with van der Waals surface area (Å²) in [6, 6.07) is 18.0. The summed E-state index contributed by atoms with van der Waals surface area (Å²) in [7, 11) is 0. The first-order chi connectivity index (χ1) is 13.2. The van der Waals surface area contributed by atoms with Gasteiger partial charge in [0.2, 0.25) is 5.91 Å². The van der Waals surface area contributed by atoms with Gasteiger partial charge in [-0.15, -0.1) is 0 Å². The molecule has 0 saturated carbocycles. The lowest BCUT2D eigenvalue weighted by molar-refractivity contribution is -0.134. The first kappa shape index (κ1) is 18.1. The fourth-order valence-electron chi connectivity index (χ4n) is 4.62. The van der Waals surface area contributed by atoms with Gasteiger partial charge in [0.25, 0.3) is 0 Å². The van der Waals surface area contributed by atoms with E-state index in [0.29, 0.717) is 13.0 Å². The minimum atomic E-state index is -0.487. The molecule has 1 saturated heterocycles. The Kier molecular flexibility index (Phi) is 5.17. The molecule has 1 atom stereocenters. The van der Waals surface area contributed by atoms with E-state index in [1.54, 1.807) is 0 Å². The number of carbonyl (C=O) groups excluding carboxylic acids is 1. The quantitative estimate of drug-likeness (QED) is 0.886. The van der Waals surface area contributed by atoms with Gasteiger partial charge in [0, 0.05) is 19.5 Å². The number of hydrogen-bond donors (Lipinski definition) is 1. The van der Waals surface area contributed by atoms with Crippen LogP contribution < -0.4 is 10.5 Å². The Labute approximate surface area is 161 Å². The van der Waals surface area contributed by atoms with Crippen LogP contribution in [0.3, 0.4) is 0 Å². The minimum absolute atomic E-state index is 0.0628. The summed E-state index contributed by atoms with van der Waals surface area (Å²) in [6.07, 6.45) is 5.01. The molecule has 1 spiro atoms. The Balaban J connectivity index is 1.28. The molecule has 1 aliphatic heterocycles. The van der Waals surface area contributed by atoms with Crippen LogP contribution in [-0.4, -0.2) is 36.5 Å². The number of piperidine rings is 1. The molecule has 2 aromatic carbocycles. The van der Waals surface area contributed by atoms with Crippen molar-refractivity contribution in [2.24, 2.45) is 5.73 Å². The molecule has 4 heteroatoms. The van der Waals surface area contributed by atoms with Gasteiger partial charge in [-0.3, -0.25) is 4.79 Å². The number of amides is 1. The van der Waals surface area contributed by atoms with E-state index >= 15 is 0 Å². The van der Waals surface area contributed by atoms with E-state index in [0.717, 1.165) is 31.7 Å². The molecule has 0 bridgehead atoms. The van der Waals surface area contributed by atoms with E-state index in [-0.39, 0.29) is 11.3 Å². The van der Waals surface area contributed by atoms with Crippen LogP contribution in [0.4, 0.5) is 0 Å². The third kappa shape index (κ3) is 3.72. The molecule has 1 unspecified atom stereocenters. The second-order valence-corrected chi connectivity index (χ2v) is 7.82. The normalized spacial score (nSPS) is 18.9. The van der Waals surface area contributed by atoms with Crippen LogP contribution in [0.1, 0.15) is 36.8 Å². The summed E-state index contributed by atoms with van der Waals surface area (Å²) in [5.41, 5.74) is 9.44. The summed E-state index contributed by atoms with van der Waals surface area (Å²) >= 11 is 0. The largest absolute Gasteiger partial charge is 0.494 e. The van der Waals surface area contributed by atoms with Gasteiger partial charge in [-0.25, -0.2) is 0 Å². The van der Waals surface area contributed by atoms with E-state index in [9.17, 15) is 4.79 Å². The minimum Gasteiger partial charge on any atom is -0.494 e. The molecular formula is C23H28N2O2. The van der Waals surface area contributed by atoms with Gasteiger partial charge in [0.05, 0.1) is 12.6 Å². The number of fused-ring (bicyclic) bond motifs is 2. The van der Waals surface area contributed by atoms with Gasteiger partial charge >= 0.3 is 0 Å². The molecule has 1 heterocycles. The number of carbonyl (C=O) groups is 1. The monoisotopic (exact) mass is 364 g/mol. The van der Waals surface area contributed by atoms with Crippen molar-refractivity contribution in [1.29, 1.82) is 0 Å². The number of nitrogens with two attached hydrogens (primary N) is 1. The van der Waals surface area contributed by atoms with Crippen molar-refractivity contribution in [2.75, 3.05) is 19.7 Å². The zero-order valence-corrected chi connectivity index (χ0v) is 15.8. The van der Waals surface area contributed by atoms with Crippen LogP contribution in [0.2, 0.25) is 0 Å². The number of hydrogen-bond acceptors (Lipinski definition) is 3. The Morgan fingerprint density at radius 2 is 1.74 bits per heavy atom. The average Bonchev–Trinajstić information content (AvgIpc) is 3.07. The highest BCUT2D eigenvalue weighted by molar-refractivity contribution is 5.81. The van der Waals surface area contributed by atoms with Crippen molar-refractivity contribution < 1.29 is 9.53 Å². The maximum atomic E-state index is 12.7. The molecule has 4 rings (SSSR count). The summed E-state index contributed by atoms with van der Waals surface area (Å²) in [5.74, 6) is 0.879. The number of para-hydroxylation sites is 1. The van der Waals surface area contributed by atoms with Crippen molar-refractivity contribution in [1.82, 2.24) is 4.90 Å². The molecule has 142 valence electrons. The average molecular weight is 364 g/mol. The van der Waals surface area contributed by atoms with Crippen molar-refractivity contribution in [2.45, 2.75) is 43.6 Å². The van der Waals surface area contributed by atoms with Crippen LogP contribution in [0.5, 0.6) is 5.75 Å². The van der Waals surface area contributed by atoms with Crippen LogP contribution in [0, 0.1) is 0 Å². The molecule has 2 N–H and O–H groups in total. The zero-order chi connectivity index (χ0) is 18.7. The van der Waals surface area contributed by atoms with Crippen molar-refractivity contribution >= 4 is 5.91 Å². The van der Waals surface area contributed by atoms with Gasteiger partial charge in [0.15, 0.2) is 0 Å². The van der Waals surface area contributed by atoms with Crippen molar-refractivity contribution in [3.05, 3.63) is 65.7 Å². The fourth-order valence-corrected chi connectivity index (χ4v) is 4.62. The lowest BCUT2D eigenvalue weighted by Gasteiger charge is -2.41. The van der Waals surface area contributed by atoms with E-state index < -0.39 is 6.04 Å². The number of aryl methyl sites for hydroxylation is 1. The maximum Gasteiger partial charge on any atom is 0.239 e. The molecule has 1 amide bonds. The Morgan fingerprint density at radius 3 is 2.52 bits per heavy atom. The molecule has 2 aliphatic rings. The first-order valence-corrected chi connectivity index (χ1v) is 9.99. The molecule has 0 radical (unpaired) electrons. The Morgan fingerprint density at radius 1 is 1.04 bits per heavy atom. The van der Waals surface area contributed by atoms with Crippen LogP contribution in [0.15, 0.2) is 54.6 Å². The van der Waals surface area contributed by atoms with E-state index in [1.165, 1.54) is 24.0 Å². The molecule has 4 nitrogen and oxygen atoms in total. The predicted molar refractivity (Wildman–Crippen MR) is 107 cm³/mol. The summed E-state index contributed by atoms with van der Waals surface area (Å²) in [5, 5.41) is 0. The van der Waals surface area contributed by atoms with Gasteiger partial charge in [-0.2, -0.15) is 0 Å². The molecule has 27 heavy (non-hydrogen) atoms. The molecule has 1 fully saturated rings. The van der Waals surface area contributed by atoms with Crippen LogP contribution in [0.25, 0.3) is 0 Å². The smallest absolute Gasteiger partial charge is 0.239 e. The standard InChI is InChI=1S/C23H28N2O2/c24-21(11-17-27-19-7-2-1-3-8-19)22(26)25-15-13-23(14-16-25)12-10-18-6-4-5-9-20(18)23/h1-9,21H,10-17,24H2. The van der Waals surface area contributed by atoms with E-state index in [2.05, 4.69) is 24.3 Å². The second-order valence-electron chi connectivity index (χ2n) is 7.82. The SMILES string of the molecule is NC(CCOc1ccccc1)C(=O)N1CCC2(CCc3ccccc32)CC1. The van der Waals surface area contributed by atoms with E-state index in [4.69, 9.17) is 10.5 Å². The number of rotatable bonds is 5. The van der Waals surface area contributed by atoms with E-state index in [1.807, 2.05) is 35.2 Å². The third-order valence-electron chi connectivity index (χ3n) is 6.25. The Hall–Kier alpha value is -2.33. The molecule has 2 aromatic rings. The number of nitrogens with zero attached hydrogens (tertiary/aromatic N) is 1. The number of ether oxygens (including phenoxy) is 1. The number of benzene rings is 2. The summed E-state index contributed by atoms with van der Waals surface area (Å²) in [4.78, 5) is 14.7. The van der Waals surface area contributed by atoms with Gasteiger partial charge in [-0.05, 0) is 54.4 Å². The molecular weight excluding hydrogens is 336 g/mol. The highest BCUT2D eigenvalue weighted by Crippen LogP contribution is 2.46. The number of likely N-dealkylation sites (tertiary alicyclic amines) is 1. The van der Waals surface area contributed by atoms with Crippen LogP contribution >= 0.6 is 0 Å². The topological polar surface area (TPSA) is 55.6 Å². The predicted octanol–water partition coefficient (Wildman–Crippen LogP) is 3.29. The lowest BCUT2D eigenvalue weighted by atomic mass is 9.74. The van der Waals surface area contributed by atoms with Gasteiger partial charge in [0.1, 0.15) is 5.75 Å². The highest BCUT2D eigenvalue weighted by Gasteiger charge is 2.42. The summed E-state index contributed by atoms with van der Waals surface area (Å²) < 4.78 is 5.68. The molecule has 0 aromatic heterocycles. The van der Waals surface area contributed by atoms with Crippen LogP contribution in [-0.2, 0) is 16.6 Å². The lowest BCUT2D eigenvalue weighted by Crippen LogP contribution is -2.50. The maximum absolute atomic E-state index is 12.7. The van der Waals surface area contributed by atoms with Crippen molar-refractivity contribution in [3.8, 4) is 5.75 Å². The van der Waals surface area contributed by atoms with Gasteiger partial charge in [-0.1, -0.05) is 42.5 Å². The Bertz CT molecular complexity index is 782. The van der Waals surface area contributed by atoms with Gasteiger partial charge < -0.3 is 15.4 Å². The summed E-state index contributed by atoms with van der Waals surface area (Å²) in [6.45, 7) is 2.07. The highest BCUT2D eigenvalue weighted by atomic mass is 16.5. The first-order valence-electron chi connectivity index (χ1n) is 9.99. The third-order valence-corrected chi connectivity index (χ3v) is 6.25.